The summed E-state index contributed by atoms with van der Waals surface area (Å²) in [6.45, 7) is 6.52. The van der Waals surface area contributed by atoms with Gasteiger partial charge in [-0.25, -0.2) is 0 Å². The molecule has 4 heteroatoms. The van der Waals surface area contributed by atoms with Gasteiger partial charge >= 0.3 is 0 Å². The lowest BCUT2D eigenvalue weighted by Gasteiger charge is -2.35. The summed E-state index contributed by atoms with van der Waals surface area (Å²) in [4.78, 5) is 28.7. The minimum absolute atomic E-state index is 0.0434. The number of aryl methyl sites for hydroxylation is 2. The molecule has 1 fully saturated rings. The molecular weight excluding hydrogens is 312 g/mol. The quantitative estimate of drug-likeness (QED) is 0.865. The largest absolute Gasteiger partial charge is 0.339 e. The van der Waals surface area contributed by atoms with Gasteiger partial charge < -0.3 is 9.80 Å². The number of benzene rings is 2. The molecule has 4 nitrogen and oxygen atoms in total. The lowest BCUT2D eigenvalue weighted by molar-refractivity contribution is -0.131. The highest BCUT2D eigenvalue weighted by Gasteiger charge is 2.24. The molecule has 0 atom stereocenters. The van der Waals surface area contributed by atoms with Crippen molar-refractivity contribution in [2.75, 3.05) is 26.2 Å². The third-order valence-electron chi connectivity index (χ3n) is 4.87. The molecule has 0 unspecified atom stereocenters. The first-order valence-corrected chi connectivity index (χ1v) is 8.73. The maximum absolute atomic E-state index is 12.5. The first kappa shape index (κ1) is 17.2. The summed E-state index contributed by atoms with van der Waals surface area (Å²) in [7, 11) is 0. The highest BCUT2D eigenvalue weighted by atomic mass is 16.2. The van der Waals surface area contributed by atoms with E-state index in [-0.39, 0.29) is 11.8 Å². The van der Waals surface area contributed by atoms with Gasteiger partial charge in [-0.3, -0.25) is 9.59 Å². The summed E-state index contributed by atoms with van der Waals surface area (Å²) in [5, 5.41) is 0. The van der Waals surface area contributed by atoms with Crippen molar-refractivity contribution in [2.45, 2.75) is 20.3 Å². The Kier molecular flexibility index (Phi) is 5.17. The Hall–Kier alpha value is -2.62. The van der Waals surface area contributed by atoms with E-state index < -0.39 is 0 Å². The Morgan fingerprint density at radius 3 is 2.12 bits per heavy atom. The van der Waals surface area contributed by atoms with Crippen LogP contribution in [0.25, 0.3) is 0 Å². The fraction of sp³-hybridized carbons (Fsp3) is 0.333. The van der Waals surface area contributed by atoms with E-state index in [4.69, 9.17) is 0 Å². The summed E-state index contributed by atoms with van der Waals surface area (Å²) < 4.78 is 0. The van der Waals surface area contributed by atoms with Gasteiger partial charge in [0, 0.05) is 31.7 Å². The van der Waals surface area contributed by atoms with Crippen LogP contribution in [-0.2, 0) is 11.2 Å². The smallest absolute Gasteiger partial charge is 0.253 e. The summed E-state index contributed by atoms with van der Waals surface area (Å²) >= 11 is 0. The zero-order chi connectivity index (χ0) is 17.8. The normalized spacial score (nSPS) is 14.5. The third kappa shape index (κ3) is 4.08. The molecule has 2 amide bonds. The van der Waals surface area contributed by atoms with Gasteiger partial charge in [-0.2, -0.15) is 0 Å². The number of hydrogen-bond acceptors (Lipinski definition) is 2. The fourth-order valence-electron chi connectivity index (χ4n) is 3.12. The topological polar surface area (TPSA) is 40.6 Å². The van der Waals surface area contributed by atoms with Crippen molar-refractivity contribution >= 4 is 11.8 Å². The van der Waals surface area contributed by atoms with E-state index in [0.717, 1.165) is 5.56 Å². The van der Waals surface area contributed by atoms with Gasteiger partial charge in [0.15, 0.2) is 0 Å². The number of amides is 2. The van der Waals surface area contributed by atoms with Gasteiger partial charge in [0.25, 0.3) is 5.91 Å². The molecule has 0 N–H and O–H groups in total. The van der Waals surface area contributed by atoms with Crippen LogP contribution >= 0.6 is 0 Å². The molecule has 0 aromatic heterocycles. The van der Waals surface area contributed by atoms with Crippen molar-refractivity contribution in [3.8, 4) is 0 Å². The van der Waals surface area contributed by atoms with Gasteiger partial charge in [0.2, 0.25) is 5.91 Å². The van der Waals surface area contributed by atoms with Crippen molar-refractivity contribution in [2.24, 2.45) is 0 Å². The maximum Gasteiger partial charge on any atom is 0.253 e. The van der Waals surface area contributed by atoms with E-state index in [1.54, 1.807) is 0 Å². The second-order valence-electron chi connectivity index (χ2n) is 6.63. The summed E-state index contributed by atoms with van der Waals surface area (Å²) in [5.41, 5.74) is 4.21. The highest BCUT2D eigenvalue weighted by Crippen LogP contribution is 2.13. The predicted molar refractivity (Wildman–Crippen MR) is 98.5 cm³/mol. The SMILES string of the molecule is Cc1ccc(CC(=O)N2CCN(C(=O)c3ccccc3)CC2)cc1C. The average Bonchev–Trinajstić information content (AvgIpc) is 2.65. The first-order valence-electron chi connectivity index (χ1n) is 8.73. The zero-order valence-electron chi connectivity index (χ0n) is 14.9. The number of carbonyl (C=O) groups is 2. The van der Waals surface area contributed by atoms with E-state index in [1.165, 1.54) is 11.1 Å². The van der Waals surface area contributed by atoms with E-state index in [1.807, 2.05) is 46.2 Å². The Morgan fingerprint density at radius 2 is 1.48 bits per heavy atom. The molecule has 25 heavy (non-hydrogen) atoms. The molecule has 3 rings (SSSR count). The standard InChI is InChI=1S/C21H24N2O2/c1-16-8-9-18(14-17(16)2)15-20(24)22-10-12-23(13-11-22)21(25)19-6-4-3-5-7-19/h3-9,14H,10-13,15H2,1-2H3. The average molecular weight is 336 g/mol. The van der Waals surface area contributed by atoms with Gasteiger partial charge in [-0.1, -0.05) is 36.4 Å². The summed E-state index contributed by atoms with van der Waals surface area (Å²) in [6.07, 6.45) is 0.424. The number of rotatable bonds is 3. The molecule has 0 bridgehead atoms. The Labute approximate surface area is 149 Å². The molecule has 2 aromatic carbocycles. The predicted octanol–water partition coefficient (Wildman–Crippen LogP) is 2.83. The van der Waals surface area contributed by atoms with Crippen LogP contribution in [0.1, 0.15) is 27.0 Å². The number of hydrogen-bond donors (Lipinski definition) is 0. The lowest BCUT2D eigenvalue weighted by atomic mass is 10.0. The van der Waals surface area contributed by atoms with Crippen LogP contribution in [0.15, 0.2) is 48.5 Å². The van der Waals surface area contributed by atoms with Gasteiger partial charge in [0.05, 0.1) is 6.42 Å². The van der Waals surface area contributed by atoms with E-state index in [2.05, 4.69) is 26.0 Å². The summed E-state index contributed by atoms with van der Waals surface area (Å²) in [6, 6.07) is 15.5. The van der Waals surface area contributed by atoms with Crippen LogP contribution in [0.5, 0.6) is 0 Å². The highest BCUT2D eigenvalue weighted by molar-refractivity contribution is 5.94. The van der Waals surface area contributed by atoms with Crippen molar-refractivity contribution in [3.63, 3.8) is 0 Å². The minimum Gasteiger partial charge on any atom is -0.339 e. The molecular formula is C21H24N2O2. The van der Waals surface area contributed by atoms with Crippen LogP contribution in [0.2, 0.25) is 0 Å². The van der Waals surface area contributed by atoms with Gasteiger partial charge in [-0.15, -0.1) is 0 Å². The molecule has 130 valence electrons. The van der Waals surface area contributed by atoms with E-state index >= 15 is 0 Å². The second kappa shape index (κ2) is 7.51. The van der Waals surface area contributed by atoms with Crippen LogP contribution in [-0.4, -0.2) is 47.8 Å². The number of piperazine rings is 1. The summed E-state index contributed by atoms with van der Waals surface area (Å²) in [5.74, 6) is 0.178. The molecule has 0 saturated carbocycles. The molecule has 2 aromatic rings. The van der Waals surface area contributed by atoms with Crippen molar-refractivity contribution in [1.82, 2.24) is 9.80 Å². The lowest BCUT2D eigenvalue weighted by Crippen LogP contribution is -2.51. The Bertz CT molecular complexity index is 763. The first-order chi connectivity index (χ1) is 12.0. The Balaban J connectivity index is 1.55. The van der Waals surface area contributed by atoms with Crippen LogP contribution in [0.3, 0.4) is 0 Å². The Morgan fingerprint density at radius 1 is 0.840 bits per heavy atom. The molecule has 0 spiro atoms. The van der Waals surface area contributed by atoms with Crippen LogP contribution < -0.4 is 0 Å². The number of nitrogens with zero attached hydrogens (tertiary/aromatic N) is 2. The second-order valence-corrected chi connectivity index (χ2v) is 6.63. The van der Waals surface area contributed by atoms with E-state index in [9.17, 15) is 9.59 Å². The minimum atomic E-state index is 0.0434. The van der Waals surface area contributed by atoms with Gasteiger partial charge in [-0.05, 0) is 42.7 Å². The molecule has 1 saturated heterocycles. The van der Waals surface area contributed by atoms with Crippen LogP contribution in [0.4, 0.5) is 0 Å². The van der Waals surface area contributed by atoms with Crippen molar-refractivity contribution in [1.29, 1.82) is 0 Å². The van der Waals surface area contributed by atoms with Crippen molar-refractivity contribution < 1.29 is 9.59 Å². The van der Waals surface area contributed by atoms with Gasteiger partial charge in [0.1, 0.15) is 0 Å². The molecule has 1 aliphatic heterocycles. The maximum atomic E-state index is 12.5. The monoisotopic (exact) mass is 336 g/mol. The fourth-order valence-corrected chi connectivity index (χ4v) is 3.12. The van der Waals surface area contributed by atoms with Crippen LogP contribution in [0, 0.1) is 13.8 Å². The van der Waals surface area contributed by atoms with Crippen molar-refractivity contribution in [3.05, 3.63) is 70.8 Å². The van der Waals surface area contributed by atoms with E-state index in [0.29, 0.717) is 38.2 Å². The molecule has 0 aliphatic carbocycles. The third-order valence-corrected chi connectivity index (χ3v) is 4.87. The number of carbonyl (C=O) groups excluding carboxylic acids is 2. The molecule has 0 radical (unpaired) electrons. The molecule has 1 heterocycles. The zero-order valence-corrected chi connectivity index (χ0v) is 14.9. The molecule has 1 aliphatic rings.